The Morgan fingerprint density at radius 1 is 0.958 bits per heavy atom. The van der Waals surface area contributed by atoms with E-state index in [1.54, 1.807) is 0 Å². The van der Waals surface area contributed by atoms with Crippen LogP contribution >= 0.6 is 12.2 Å². The van der Waals surface area contributed by atoms with Crippen molar-refractivity contribution in [3.8, 4) is 0 Å². The molecule has 0 bridgehead atoms. The molecule has 2 aliphatic heterocycles. The van der Waals surface area contributed by atoms with Crippen LogP contribution in [0, 0.1) is 0 Å². The standard InChI is InChI=1S/C22H21NS/c1-22(2)19-11-7-6-10-18(19)20-17(14-15-23(20)21(22)24)13-12-16-8-4-3-5-9-16/h3-13H,14-15H2,1-2H3/b13-12+. The van der Waals surface area contributed by atoms with Crippen LogP contribution < -0.4 is 0 Å². The summed E-state index contributed by atoms with van der Waals surface area (Å²) in [6.45, 7) is 5.46. The summed E-state index contributed by atoms with van der Waals surface area (Å²) in [4.78, 5) is 3.39. The molecule has 0 aromatic heterocycles. The van der Waals surface area contributed by atoms with Crippen LogP contribution in [0.3, 0.4) is 0 Å². The molecular weight excluding hydrogens is 310 g/mol. The van der Waals surface area contributed by atoms with E-state index in [4.69, 9.17) is 12.2 Å². The van der Waals surface area contributed by atoms with Crippen LogP contribution in [0.2, 0.25) is 0 Å². The summed E-state index contributed by atoms with van der Waals surface area (Å²) in [6, 6.07) is 19.2. The van der Waals surface area contributed by atoms with Gasteiger partial charge >= 0.3 is 0 Å². The van der Waals surface area contributed by atoms with E-state index < -0.39 is 0 Å². The third-order valence-electron chi connectivity index (χ3n) is 5.09. The van der Waals surface area contributed by atoms with E-state index in [2.05, 4.69) is 85.5 Å². The number of fused-ring (bicyclic) bond motifs is 3. The number of nitrogens with zero attached hydrogens (tertiary/aromatic N) is 1. The second-order valence-corrected chi connectivity index (χ2v) is 7.38. The fraction of sp³-hybridized carbons (Fsp3) is 0.227. The summed E-state index contributed by atoms with van der Waals surface area (Å²) >= 11 is 5.85. The maximum Gasteiger partial charge on any atom is 0.0925 e. The number of hydrogen-bond donors (Lipinski definition) is 0. The predicted octanol–water partition coefficient (Wildman–Crippen LogP) is 5.44. The van der Waals surface area contributed by atoms with Gasteiger partial charge in [0.25, 0.3) is 0 Å². The molecule has 0 saturated carbocycles. The van der Waals surface area contributed by atoms with Crippen LogP contribution in [-0.4, -0.2) is 16.4 Å². The smallest absolute Gasteiger partial charge is 0.0925 e. The zero-order valence-corrected chi connectivity index (χ0v) is 14.9. The van der Waals surface area contributed by atoms with Gasteiger partial charge in [-0.1, -0.05) is 79.0 Å². The molecule has 24 heavy (non-hydrogen) atoms. The molecule has 0 N–H and O–H groups in total. The van der Waals surface area contributed by atoms with Crippen LogP contribution in [0.15, 0.2) is 66.2 Å². The average molecular weight is 331 g/mol. The molecule has 0 atom stereocenters. The first-order valence-corrected chi connectivity index (χ1v) is 8.88. The highest BCUT2D eigenvalue weighted by Gasteiger charge is 2.41. The lowest BCUT2D eigenvalue weighted by Crippen LogP contribution is -2.44. The van der Waals surface area contributed by atoms with Gasteiger partial charge in [-0.15, -0.1) is 0 Å². The highest BCUT2D eigenvalue weighted by molar-refractivity contribution is 7.80. The maximum atomic E-state index is 5.85. The zero-order valence-electron chi connectivity index (χ0n) is 14.1. The SMILES string of the molecule is CC1(C)C(=S)N2CCC(/C=C/c3ccccc3)=C2c2ccccc21. The molecule has 0 unspecified atom stereocenters. The van der Waals surface area contributed by atoms with Gasteiger partial charge in [0.1, 0.15) is 0 Å². The van der Waals surface area contributed by atoms with Crippen molar-refractivity contribution >= 4 is 29.0 Å². The maximum absolute atomic E-state index is 5.85. The molecule has 0 aliphatic carbocycles. The van der Waals surface area contributed by atoms with Gasteiger partial charge in [0, 0.05) is 17.5 Å². The van der Waals surface area contributed by atoms with Crippen molar-refractivity contribution in [3.05, 3.63) is 82.9 Å². The largest absolute Gasteiger partial charge is 0.334 e. The van der Waals surface area contributed by atoms with E-state index in [-0.39, 0.29) is 5.41 Å². The molecule has 2 heteroatoms. The summed E-state index contributed by atoms with van der Waals surface area (Å²) in [7, 11) is 0. The third kappa shape index (κ3) is 2.33. The Labute approximate surface area is 149 Å². The Kier molecular flexibility index (Phi) is 3.65. The van der Waals surface area contributed by atoms with Gasteiger partial charge in [0.2, 0.25) is 0 Å². The van der Waals surface area contributed by atoms with Crippen LogP contribution in [0.5, 0.6) is 0 Å². The van der Waals surface area contributed by atoms with Gasteiger partial charge in [-0.25, -0.2) is 0 Å². The zero-order chi connectivity index (χ0) is 16.7. The average Bonchev–Trinajstić information content (AvgIpc) is 3.03. The molecule has 1 nitrogen and oxygen atoms in total. The van der Waals surface area contributed by atoms with Gasteiger partial charge in [-0.3, -0.25) is 0 Å². The van der Waals surface area contributed by atoms with Crippen molar-refractivity contribution in [1.82, 2.24) is 4.90 Å². The lowest BCUT2D eigenvalue weighted by molar-refractivity contribution is 0.541. The molecule has 2 aromatic rings. The molecule has 120 valence electrons. The van der Waals surface area contributed by atoms with Gasteiger partial charge in [-0.2, -0.15) is 0 Å². The Hall–Kier alpha value is -2.19. The Morgan fingerprint density at radius 3 is 2.46 bits per heavy atom. The summed E-state index contributed by atoms with van der Waals surface area (Å²) in [5.41, 5.74) is 6.51. The molecule has 4 rings (SSSR count). The van der Waals surface area contributed by atoms with Gasteiger partial charge in [-0.05, 0) is 37.0 Å². The first kappa shape index (κ1) is 15.3. The number of hydrogen-bond acceptors (Lipinski definition) is 1. The van der Waals surface area contributed by atoms with Crippen LogP contribution in [0.1, 0.15) is 37.0 Å². The lowest BCUT2D eigenvalue weighted by Gasteiger charge is -2.41. The van der Waals surface area contributed by atoms with Gasteiger partial charge in [0.05, 0.1) is 10.7 Å². The second kappa shape index (κ2) is 5.71. The van der Waals surface area contributed by atoms with Gasteiger partial charge in [0.15, 0.2) is 0 Å². The third-order valence-corrected chi connectivity index (χ3v) is 5.82. The molecule has 2 aromatic carbocycles. The summed E-state index contributed by atoms with van der Waals surface area (Å²) in [5, 5.41) is 0. The van der Waals surface area contributed by atoms with E-state index >= 15 is 0 Å². The molecule has 0 radical (unpaired) electrons. The Bertz CT molecular complexity index is 859. The van der Waals surface area contributed by atoms with E-state index in [0.717, 1.165) is 18.0 Å². The van der Waals surface area contributed by atoms with E-state index in [1.165, 1.54) is 28.0 Å². The van der Waals surface area contributed by atoms with E-state index in [9.17, 15) is 0 Å². The number of benzene rings is 2. The Balaban J connectivity index is 1.84. The normalized spacial score (nSPS) is 18.9. The summed E-state index contributed by atoms with van der Waals surface area (Å²) in [6.07, 6.45) is 5.52. The fourth-order valence-corrected chi connectivity index (χ4v) is 4.06. The number of rotatable bonds is 2. The van der Waals surface area contributed by atoms with Crippen molar-refractivity contribution in [2.75, 3.05) is 6.54 Å². The summed E-state index contributed by atoms with van der Waals surface area (Å²) < 4.78 is 0. The van der Waals surface area contributed by atoms with Gasteiger partial charge < -0.3 is 4.90 Å². The summed E-state index contributed by atoms with van der Waals surface area (Å²) in [5.74, 6) is 0. The molecule has 0 saturated heterocycles. The molecule has 2 aliphatic rings. The van der Waals surface area contributed by atoms with Crippen LogP contribution in [0.25, 0.3) is 11.8 Å². The first-order valence-electron chi connectivity index (χ1n) is 8.47. The van der Waals surface area contributed by atoms with Crippen molar-refractivity contribution in [2.45, 2.75) is 25.7 Å². The molecule has 2 heterocycles. The van der Waals surface area contributed by atoms with Crippen molar-refractivity contribution in [1.29, 1.82) is 0 Å². The fourth-order valence-electron chi connectivity index (χ4n) is 3.77. The molecule has 0 fully saturated rings. The monoisotopic (exact) mass is 331 g/mol. The van der Waals surface area contributed by atoms with Crippen molar-refractivity contribution < 1.29 is 0 Å². The Morgan fingerprint density at radius 2 is 1.67 bits per heavy atom. The molecule has 0 amide bonds. The minimum atomic E-state index is -0.0893. The van der Waals surface area contributed by atoms with Crippen LogP contribution in [-0.2, 0) is 5.41 Å². The number of allylic oxidation sites excluding steroid dienone is 1. The quantitative estimate of drug-likeness (QED) is 0.675. The molecular formula is C22H21NS. The minimum absolute atomic E-state index is 0.0893. The van der Waals surface area contributed by atoms with Crippen LogP contribution in [0.4, 0.5) is 0 Å². The topological polar surface area (TPSA) is 3.24 Å². The van der Waals surface area contributed by atoms with Crippen molar-refractivity contribution in [3.63, 3.8) is 0 Å². The highest BCUT2D eigenvalue weighted by atomic mass is 32.1. The minimum Gasteiger partial charge on any atom is -0.334 e. The van der Waals surface area contributed by atoms with E-state index in [0.29, 0.717) is 0 Å². The number of thiocarbonyl (C=S) groups is 1. The first-order chi connectivity index (χ1) is 11.6. The highest BCUT2D eigenvalue weighted by Crippen LogP contribution is 2.45. The van der Waals surface area contributed by atoms with E-state index in [1.807, 2.05) is 0 Å². The lowest BCUT2D eigenvalue weighted by atomic mass is 9.77. The predicted molar refractivity (Wildman–Crippen MR) is 106 cm³/mol. The second-order valence-electron chi connectivity index (χ2n) is 7.00. The molecule has 0 spiro atoms. The van der Waals surface area contributed by atoms with Crippen molar-refractivity contribution in [2.24, 2.45) is 0 Å².